The van der Waals surface area contributed by atoms with Crippen molar-refractivity contribution in [1.82, 2.24) is 0 Å². The van der Waals surface area contributed by atoms with Gasteiger partial charge in [0.15, 0.2) is 0 Å². The van der Waals surface area contributed by atoms with E-state index in [2.05, 4.69) is 13.8 Å². The summed E-state index contributed by atoms with van der Waals surface area (Å²) in [5.74, 6) is 1.12. The van der Waals surface area contributed by atoms with Crippen LogP contribution in [0.25, 0.3) is 0 Å². The Bertz CT molecular complexity index is 477. The third-order valence-electron chi connectivity index (χ3n) is 4.05. The van der Waals surface area contributed by atoms with Crippen LogP contribution in [0, 0.1) is 11.8 Å². The number of hydrogen-bond donors (Lipinski definition) is 1. The molecule has 1 aliphatic carbocycles. The first-order valence-electron chi connectivity index (χ1n) is 7.33. The summed E-state index contributed by atoms with van der Waals surface area (Å²) in [4.78, 5) is 0. The molecule has 1 aliphatic rings. The number of halogens is 3. The quantitative estimate of drug-likeness (QED) is 0.826. The Hall–Kier alpha value is -1.23. The van der Waals surface area contributed by atoms with Crippen molar-refractivity contribution in [3.05, 3.63) is 29.3 Å². The SMILES string of the molecule is CC1CC(C)CC(OCc2ccc(N)cc2C(F)(F)F)C1. The molecule has 1 saturated carbocycles. The summed E-state index contributed by atoms with van der Waals surface area (Å²) < 4.78 is 44.8. The van der Waals surface area contributed by atoms with Gasteiger partial charge in [0, 0.05) is 5.69 Å². The van der Waals surface area contributed by atoms with Crippen LogP contribution in [0.1, 0.15) is 44.2 Å². The van der Waals surface area contributed by atoms with Crippen molar-refractivity contribution in [3.63, 3.8) is 0 Å². The van der Waals surface area contributed by atoms with E-state index in [0.717, 1.165) is 25.3 Å². The molecule has 2 nitrogen and oxygen atoms in total. The van der Waals surface area contributed by atoms with Gasteiger partial charge in [-0.2, -0.15) is 13.2 Å². The monoisotopic (exact) mass is 301 g/mol. The zero-order valence-electron chi connectivity index (χ0n) is 12.4. The number of hydrogen-bond acceptors (Lipinski definition) is 2. The lowest BCUT2D eigenvalue weighted by Gasteiger charge is -2.31. The van der Waals surface area contributed by atoms with E-state index in [-0.39, 0.29) is 24.0 Å². The van der Waals surface area contributed by atoms with Crippen LogP contribution < -0.4 is 5.73 Å². The van der Waals surface area contributed by atoms with Crippen LogP contribution in [0.15, 0.2) is 18.2 Å². The molecule has 1 aromatic rings. The van der Waals surface area contributed by atoms with Gasteiger partial charge >= 0.3 is 6.18 Å². The Morgan fingerprint density at radius 2 is 1.76 bits per heavy atom. The maximum absolute atomic E-state index is 13.0. The van der Waals surface area contributed by atoms with Crippen molar-refractivity contribution in [1.29, 1.82) is 0 Å². The normalized spacial score (nSPS) is 26.8. The fraction of sp³-hybridized carbons (Fsp3) is 0.625. The number of benzene rings is 1. The number of nitrogen functional groups attached to an aromatic ring is 1. The molecule has 2 atom stereocenters. The zero-order chi connectivity index (χ0) is 15.6. The van der Waals surface area contributed by atoms with Gasteiger partial charge in [-0.3, -0.25) is 0 Å². The highest BCUT2D eigenvalue weighted by molar-refractivity contribution is 5.45. The first-order chi connectivity index (χ1) is 9.75. The van der Waals surface area contributed by atoms with E-state index in [1.165, 1.54) is 12.1 Å². The van der Waals surface area contributed by atoms with E-state index < -0.39 is 11.7 Å². The van der Waals surface area contributed by atoms with Crippen LogP contribution in [0.4, 0.5) is 18.9 Å². The Kier molecular flexibility index (Phi) is 4.81. The third kappa shape index (κ3) is 4.37. The fourth-order valence-corrected chi connectivity index (χ4v) is 3.20. The summed E-state index contributed by atoms with van der Waals surface area (Å²) in [6, 6.07) is 3.87. The zero-order valence-corrected chi connectivity index (χ0v) is 12.4. The predicted molar refractivity (Wildman–Crippen MR) is 76.6 cm³/mol. The molecule has 0 heterocycles. The van der Waals surface area contributed by atoms with Crippen LogP contribution in [-0.2, 0) is 17.5 Å². The van der Waals surface area contributed by atoms with E-state index in [4.69, 9.17) is 10.5 Å². The molecule has 118 valence electrons. The number of rotatable bonds is 3. The summed E-state index contributed by atoms with van der Waals surface area (Å²) >= 11 is 0. The molecule has 2 unspecified atom stereocenters. The van der Waals surface area contributed by atoms with E-state index in [1.807, 2.05) is 0 Å². The topological polar surface area (TPSA) is 35.2 Å². The highest BCUT2D eigenvalue weighted by Crippen LogP contribution is 2.35. The minimum absolute atomic E-state index is 0.0147. The van der Waals surface area contributed by atoms with Crippen molar-refractivity contribution >= 4 is 5.69 Å². The largest absolute Gasteiger partial charge is 0.416 e. The highest BCUT2D eigenvalue weighted by Gasteiger charge is 2.34. The van der Waals surface area contributed by atoms with Crippen molar-refractivity contribution in [2.45, 2.75) is 52.0 Å². The Morgan fingerprint density at radius 3 is 2.33 bits per heavy atom. The Balaban J connectivity index is 2.06. The lowest BCUT2D eigenvalue weighted by Crippen LogP contribution is -2.26. The van der Waals surface area contributed by atoms with E-state index in [0.29, 0.717) is 11.8 Å². The molecule has 0 saturated heterocycles. The van der Waals surface area contributed by atoms with Gasteiger partial charge in [-0.15, -0.1) is 0 Å². The summed E-state index contributed by atoms with van der Waals surface area (Å²) in [5, 5.41) is 0. The van der Waals surface area contributed by atoms with Crippen molar-refractivity contribution in [2.75, 3.05) is 5.73 Å². The van der Waals surface area contributed by atoms with Crippen LogP contribution >= 0.6 is 0 Å². The minimum atomic E-state index is -4.40. The molecule has 0 radical (unpaired) electrons. The van der Waals surface area contributed by atoms with Crippen molar-refractivity contribution in [3.8, 4) is 0 Å². The molecule has 0 bridgehead atoms. The molecule has 0 spiro atoms. The van der Waals surface area contributed by atoms with Gasteiger partial charge < -0.3 is 10.5 Å². The molecule has 1 fully saturated rings. The molecule has 0 aliphatic heterocycles. The number of alkyl halides is 3. The number of nitrogens with two attached hydrogens (primary N) is 1. The van der Waals surface area contributed by atoms with Gasteiger partial charge in [-0.25, -0.2) is 0 Å². The second kappa shape index (κ2) is 6.26. The Labute approximate surface area is 123 Å². The molecular formula is C16H22F3NO. The summed E-state index contributed by atoms with van der Waals surface area (Å²) in [6.45, 7) is 4.31. The van der Waals surface area contributed by atoms with Crippen molar-refractivity contribution < 1.29 is 17.9 Å². The number of anilines is 1. The van der Waals surface area contributed by atoms with Crippen LogP contribution in [0.5, 0.6) is 0 Å². The predicted octanol–water partition coefficient (Wildman–Crippen LogP) is 4.63. The maximum atomic E-state index is 13.0. The van der Waals surface area contributed by atoms with E-state index in [1.54, 1.807) is 0 Å². The molecule has 2 rings (SSSR count). The van der Waals surface area contributed by atoms with Crippen molar-refractivity contribution in [2.24, 2.45) is 11.8 Å². The van der Waals surface area contributed by atoms with E-state index in [9.17, 15) is 13.2 Å². The lowest BCUT2D eigenvalue weighted by atomic mass is 9.82. The number of ether oxygens (including phenoxy) is 1. The minimum Gasteiger partial charge on any atom is -0.399 e. The first-order valence-corrected chi connectivity index (χ1v) is 7.33. The Morgan fingerprint density at radius 1 is 1.14 bits per heavy atom. The third-order valence-corrected chi connectivity index (χ3v) is 4.05. The van der Waals surface area contributed by atoms with Gasteiger partial charge in [-0.05, 0) is 48.8 Å². The van der Waals surface area contributed by atoms with Gasteiger partial charge in [-0.1, -0.05) is 19.9 Å². The molecule has 0 aromatic heterocycles. The van der Waals surface area contributed by atoms with Gasteiger partial charge in [0.25, 0.3) is 0 Å². The fourth-order valence-electron chi connectivity index (χ4n) is 3.20. The lowest BCUT2D eigenvalue weighted by molar-refractivity contribution is -0.139. The molecule has 0 amide bonds. The van der Waals surface area contributed by atoms with Crippen LogP contribution in [0.2, 0.25) is 0 Å². The molecule has 1 aromatic carbocycles. The summed E-state index contributed by atoms with van der Waals surface area (Å²) in [5.41, 5.74) is 5.04. The van der Waals surface area contributed by atoms with E-state index >= 15 is 0 Å². The average molecular weight is 301 g/mol. The maximum Gasteiger partial charge on any atom is 0.416 e. The summed E-state index contributed by atoms with van der Waals surface area (Å²) in [7, 11) is 0. The smallest absolute Gasteiger partial charge is 0.399 e. The van der Waals surface area contributed by atoms with Gasteiger partial charge in [0.1, 0.15) is 0 Å². The molecule has 5 heteroatoms. The second-order valence-electron chi connectivity index (χ2n) is 6.26. The highest BCUT2D eigenvalue weighted by atomic mass is 19.4. The average Bonchev–Trinajstić information content (AvgIpc) is 2.35. The molecular weight excluding hydrogens is 279 g/mol. The first kappa shape index (κ1) is 16.1. The summed E-state index contributed by atoms with van der Waals surface area (Å²) in [6.07, 6.45) is -1.36. The standard InChI is InChI=1S/C16H22F3NO/c1-10-5-11(2)7-14(6-10)21-9-12-3-4-13(20)8-15(12)16(17,18)19/h3-4,8,10-11,14H,5-7,9,20H2,1-2H3. The van der Waals surface area contributed by atoms with Crippen LogP contribution in [0.3, 0.4) is 0 Å². The second-order valence-corrected chi connectivity index (χ2v) is 6.26. The van der Waals surface area contributed by atoms with Gasteiger partial charge in [0.2, 0.25) is 0 Å². The van der Waals surface area contributed by atoms with Crippen LogP contribution in [-0.4, -0.2) is 6.10 Å². The molecule has 21 heavy (non-hydrogen) atoms. The molecule has 2 N–H and O–H groups in total. The van der Waals surface area contributed by atoms with Gasteiger partial charge in [0.05, 0.1) is 18.3 Å².